The van der Waals surface area contributed by atoms with Crippen molar-refractivity contribution < 1.29 is 9.59 Å². The van der Waals surface area contributed by atoms with Crippen LogP contribution in [0, 0.1) is 13.8 Å². The Morgan fingerprint density at radius 3 is 2.33 bits per heavy atom. The molecular weight excluding hydrogens is 386 g/mol. The standard InChI is InChI=1S/C19H16BrNO2S/c1-11-4-9-16(12(2)10-11)21-18(22)17(24-19(21)23)13(3)14-5-7-15(20)8-6-14/h4-10H,1-3H3/b17-13-. The Morgan fingerprint density at radius 2 is 1.71 bits per heavy atom. The van der Waals surface area contributed by atoms with E-state index in [1.54, 1.807) is 0 Å². The van der Waals surface area contributed by atoms with Gasteiger partial charge in [0, 0.05) is 4.47 Å². The molecule has 0 spiro atoms. The van der Waals surface area contributed by atoms with Crippen LogP contribution in [0.5, 0.6) is 0 Å². The molecule has 3 rings (SSSR count). The summed E-state index contributed by atoms with van der Waals surface area (Å²) in [5.74, 6) is -0.252. The number of anilines is 1. The number of nitrogens with zero attached hydrogens (tertiary/aromatic N) is 1. The third kappa shape index (κ3) is 3.06. The van der Waals surface area contributed by atoms with Crippen LogP contribution in [0.15, 0.2) is 51.8 Å². The Morgan fingerprint density at radius 1 is 1.04 bits per heavy atom. The summed E-state index contributed by atoms with van der Waals surface area (Å²) in [4.78, 5) is 27.1. The fourth-order valence-electron chi connectivity index (χ4n) is 2.69. The maximum Gasteiger partial charge on any atom is 0.298 e. The summed E-state index contributed by atoms with van der Waals surface area (Å²) in [6, 6.07) is 13.4. The molecule has 2 amide bonds. The van der Waals surface area contributed by atoms with E-state index >= 15 is 0 Å². The summed E-state index contributed by atoms with van der Waals surface area (Å²) in [6.45, 7) is 5.78. The van der Waals surface area contributed by atoms with Crippen molar-refractivity contribution in [1.29, 1.82) is 0 Å². The number of halogens is 1. The van der Waals surface area contributed by atoms with Gasteiger partial charge in [-0.25, -0.2) is 4.90 Å². The quantitative estimate of drug-likeness (QED) is 0.605. The van der Waals surface area contributed by atoms with Crippen molar-refractivity contribution >= 4 is 50.1 Å². The van der Waals surface area contributed by atoms with Crippen molar-refractivity contribution in [3.05, 3.63) is 68.5 Å². The van der Waals surface area contributed by atoms with Crippen LogP contribution in [0.25, 0.3) is 5.57 Å². The maximum absolute atomic E-state index is 12.9. The average Bonchev–Trinajstić information content (AvgIpc) is 2.83. The Balaban J connectivity index is 2.02. The van der Waals surface area contributed by atoms with E-state index in [1.165, 1.54) is 4.90 Å². The van der Waals surface area contributed by atoms with Gasteiger partial charge in [0.25, 0.3) is 11.1 Å². The van der Waals surface area contributed by atoms with Crippen molar-refractivity contribution in [3.8, 4) is 0 Å². The van der Waals surface area contributed by atoms with Crippen LogP contribution in [0.4, 0.5) is 10.5 Å². The lowest BCUT2D eigenvalue weighted by Crippen LogP contribution is -2.28. The zero-order valence-electron chi connectivity index (χ0n) is 13.6. The molecule has 2 aromatic rings. The number of hydrogen-bond acceptors (Lipinski definition) is 3. The molecule has 1 fully saturated rings. The van der Waals surface area contributed by atoms with Gasteiger partial charge in [-0.15, -0.1) is 0 Å². The van der Waals surface area contributed by atoms with Crippen LogP contribution in [-0.2, 0) is 4.79 Å². The molecule has 0 radical (unpaired) electrons. The molecule has 2 aromatic carbocycles. The lowest BCUT2D eigenvalue weighted by Gasteiger charge is -2.16. The second-order valence-corrected chi connectivity index (χ2v) is 7.64. The molecule has 0 atom stereocenters. The third-order valence-electron chi connectivity index (χ3n) is 3.98. The molecule has 24 heavy (non-hydrogen) atoms. The summed E-state index contributed by atoms with van der Waals surface area (Å²) in [5.41, 5.74) is 4.42. The first-order valence-corrected chi connectivity index (χ1v) is 9.10. The first-order valence-electron chi connectivity index (χ1n) is 7.49. The van der Waals surface area contributed by atoms with Gasteiger partial charge in [0.2, 0.25) is 0 Å². The van der Waals surface area contributed by atoms with Crippen LogP contribution in [0.3, 0.4) is 0 Å². The minimum Gasteiger partial charge on any atom is -0.268 e. The number of carbonyl (C=O) groups is 2. The van der Waals surface area contributed by atoms with Crippen molar-refractivity contribution in [2.24, 2.45) is 0 Å². The van der Waals surface area contributed by atoms with E-state index in [2.05, 4.69) is 15.9 Å². The Labute approximate surface area is 153 Å². The van der Waals surface area contributed by atoms with Gasteiger partial charge in [0.15, 0.2) is 0 Å². The van der Waals surface area contributed by atoms with Gasteiger partial charge in [0.1, 0.15) is 0 Å². The van der Waals surface area contributed by atoms with E-state index in [0.29, 0.717) is 10.6 Å². The topological polar surface area (TPSA) is 37.4 Å². The molecule has 1 saturated heterocycles. The molecule has 1 aliphatic rings. The van der Waals surface area contributed by atoms with Crippen LogP contribution < -0.4 is 4.90 Å². The van der Waals surface area contributed by atoms with Crippen molar-refractivity contribution in [1.82, 2.24) is 0 Å². The first kappa shape index (κ1) is 17.0. The molecule has 1 heterocycles. The molecule has 0 bridgehead atoms. The highest BCUT2D eigenvalue weighted by Gasteiger charge is 2.38. The largest absolute Gasteiger partial charge is 0.298 e. The third-order valence-corrected chi connectivity index (χ3v) is 5.55. The molecule has 3 nitrogen and oxygen atoms in total. The Kier molecular flexibility index (Phi) is 4.65. The number of thioether (sulfide) groups is 1. The highest BCUT2D eigenvalue weighted by Crippen LogP contribution is 2.40. The lowest BCUT2D eigenvalue weighted by atomic mass is 10.1. The highest BCUT2D eigenvalue weighted by atomic mass is 79.9. The maximum atomic E-state index is 12.9. The minimum atomic E-state index is -0.252. The first-order chi connectivity index (χ1) is 11.4. The van der Waals surface area contributed by atoms with Crippen LogP contribution in [-0.4, -0.2) is 11.1 Å². The van der Waals surface area contributed by atoms with Gasteiger partial charge in [-0.05, 0) is 67.4 Å². The smallest absolute Gasteiger partial charge is 0.268 e. The summed E-state index contributed by atoms with van der Waals surface area (Å²) in [7, 11) is 0. The van der Waals surface area contributed by atoms with Gasteiger partial charge in [-0.1, -0.05) is 45.8 Å². The Hall–Kier alpha value is -1.85. The van der Waals surface area contributed by atoms with Gasteiger partial charge < -0.3 is 0 Å². The van der Waals surface area contributed by atoms with Gasteiger partial charge in [0.05, 0.1) is 10.6 Å². The summed E-state index contributed by atoms with van der Waals surface area (Å²) < 4.78 is 0.974. The number of amides is 2. The molecule has 0 aromatic heterocycles. The number of imide groups is 1. The summed E-state index contributed by atoms with van der Waals surface area (Å²) in [6.07, 6.45) is 0. The van der Waals surface area contributed by atoms with Crippen LogP contribution in [0.1, 0.15) is 23.6 Å². The zero-order chi connectivity index (χ0) is 17.4. The number of carbonyl (C=O) groups excluding carboxylic acids is 2. The van der Waals surface area contributed by atoms with Crippen LogP contribution in [0.2, 0.25) is 0 Å². The van der Waals surface area contributed by atoms with Crippen LogP contribution >= 0.6 is 27.7 Å². The van der Waals surface area contributed by atoms with E-state index in [0.717, 1.165) is 38.5 Å². The Bertz CT molecular complexity index is 871. The number of rotatable bonds is 2. The average molecular weight is 402 g/mol. The van der Waals surface area contributed by atoms with E-state index in [1.807, 2.05) is 63.2 Å². The molecule has 1 aliphatic heterocycles. The highest BCUT2D eigenvalue weighted by molar-refractivity contribution is 9.10. The van der Waals surface area contributed by atoms with E-state index < -0.39 is 0 Å². The van der Waals surface area contributed by atoms with Crippen molar-refractivity contribution in [2.45, 2.75) is 20.8 Å². The van der Waals surface area contributed by atoms with E-state index in [4.69, 9.17) is 0 Å². The lowest BCUT2D eigenvalue weighted by molar-refractivity contribution is -0.113. The summed E-state index contributed by atoms with van der Waals surface area (Å²) >= 11 is 4.40. The molecule has 0 saturated carbocycles. The molecule has 0 N–H and O–H groups in total. The fourth-order valence-corrected chi connectivity index (χ4v) is 3.85. The predicted molar refractivity (Wildman–Crippen MR) is 103 cm³/mol. The monoisotopic (exact) mass is 401 g/mol. The molecular formula is C19H16BrNO2S. The predicted octanol–water partition coefficient (Wildman–Crippen LogP) is 5.70. The minimum absolute atomic E-state index is 0.251. The second-order valence-electron chi connectivity index (χ2n) is 5.76. The molecule has 0 unspecified atom stereocenters. The van der Waals surface area contributed by atoms with Crippen molar-refractivity contribution in [2.75, 3.05) is 4.90 Å². The number of benzene rings is 2. The van der Waals surface area contributed by atoms with Gasteiger partial charge in [-0.3, -0.25) is 9.59 Å². The van der Waals surface area contributed by atoms with Gasteiger partial charge in [-0.2, -0.15) is 0 Å². The molecule has 0 aliphatic carbocycles. The number of allylic oxidation sites excluding steroid dienone is 1. The van der Waals surface area contributed by atoms with Gasteiger partial charge >= 0.3 is 0 Å². The second kappa shape index (κ2) is 6.57. The SMILES string of the molecule is C/C(=C1/SC(=O)N(c2ccc(C)cc2C)C1=O)c1ccc(Br)cc1. The van der Waals surface area contributed by atoms with E-state index in [9.17, 15) is 9.59 Å². The van der Waals surface area contributed by atoms with Crippen molar-refractivity contribution in [3.63, 3.8) is 0 Å². The normalized spacial score (nSPS) is 16.8. The number of aryl methyl sites for hydroxylation is 2. The molecule has 5 heteroatoms. The fraction of sp³-hybridized carbons (Fsp3) is 0.158. The molecule has 122 valence electrons. The van der Waals surface area contributed by atoms with E-state index in [-0.39, 0.29) is 11.1 Å². The summed E-state index contributed by atoms with van der Waals surface area (Å²) in [5, 5.41) is -0.251. The zero-order valence-corrected chi connectivity index (χ0v) is 16.0. The number of hydrogen-bond donors (Lipinski definition) is 0.